The lowest BCUT2D eigenvalue weighted by Gasteiger charge is -2.62. The fourth-order valence-electron chi connectivity index (χ4n) is 7.94. The molecule has 3 saturated carbocycles. The standard InChI is InChI=1S/C35H52N4O4/c1-23-29-18-27(35(29,3)4)19-30(23)36-34(42)33-32(24(2)41)31(22-40)43-39(33)21-26-13-10-14-28(17-26)38(16-15-37(5)6)20-25-11-8-7-9-12-25/h7-14,17,23-24,27,29-33,40-41H,15-16,18-22H2,1-6H3,(H,36,42)/t23-,24-,27+,29-,30-,31-,32+,33-/m0/s1. The van der Waals surface area contributed by atoms with Crippen molar-refractivity contribution in [1.29, 1.82) is 0 Å². The second-order valence-electron chi connectivity index (χ2n) is 14.1. The van der Waals surface area contributed by atoms with Gasteiger partial charge < -0.3 is 25.3 Å². The predicted molar refractivity (Wildman–Crippen MR) is 170 cm³/mol. The molecule has 0 spiro atoms. The second-order valence-corrected chi connectivity index (χ2v) is 14.1. The third kappa shape index (κ3) is 6.79. The first-order valence-electron chi connectivity index (χ1n) is 16.0. The molecule has 1 saturated heterocycles. The average Bonchev–Trinajstić information content (AvgIpc) is 3.35. The molecule has 3 aliphatic carbocycles. The molecule has 0 aromatic heterocycles. The Morgan fingerprint density at radius 1 is 1.09 bits per heavy atom. The van der Waals surface area contributed by atoms with Gasteiger partial charge in [-0.25, -0.2) is 0 Å². The van der Waals surface area contributed by atoms with Crippen molar-refractivity contribution in [2.45, 2.75) is 77.9 Å². The van der Waals surface area contributed by atoms with Crippen molar-refractivity contribution >= 4 is 11.6 Å². The zero-order valence-corrected chi connectivity index (χ0v) is 26.8. The molecule has 236 valence electrons. The Morgan fingerprint density at radius 3 is 2.44 bits per heavy atom. The van der Waals surface area contributed by atoms with Gasteiger partial charge in [0, 0.05) is 37.3 Å². The van der Waals surface area contributed by atoms with Gasteiger partial charge >= 0.3 is 0 Å². The molecule has 0 radical (unpaired) electrons. The van der Waals surface area contributed by atoms with Gasteiger partial charge in [-0.1, -0.05) is 63.2 Å². The number of hydrogen-bond donors (Lipinski definition) is 3. The normalized spacial score (nSPS) is 30.6. The lowest BCUT2D eigenvalue weighted by molar-refractivity contribution is -0.183. The second kappa shape index (κ2) is 13.2. The molecule has 4 aliphatic rings. The maximum atomic E-state index is 14.0. The van der Waals surface area contributed by atoms with Gasteiger partial charge in [0.25, 0.3) is 0 Å². The van der Waals surface area contributed by atoms with Crippen LogP contribution in [0.15, 0.2) is 54.6 Å². The number of benzene rings is 2. The number of hydroxylamine groups is 2. The molecule has 2 aromatic rings. The molecule has 8 heteroatoms. The van der Waals surface area contributed by atoms with E-state index in [-0.39, 0.29) is 18.6 Å². The van der Waals surface area contributed by atoms with Crippen molar-refractivity contribution in [2.24, 2.45) is 29.1 Å². The van der Waals surface area contributed by atoms with Gasteiger partial charge in [0.2, 0.25) is 5.91 Å². The Balaban J connectivity index is 1.35. The largest absolute Gasteiger partial charge is 0.394 e. The van der Waals surface area contributed by atoms with E-state index in [0.717, 1.165) is 37.3 Å². The summed E-state index contributed by atoms with van der Waals surface area (Å²) in [6, 6.07) is 18.3. The lowest BCUT2D eigenvalue weighted by atomic mass is 9.45. The van der Waals surface area contributed by atoms with E-state index in [0.29, 0.717) is 29.7 Å². The van der Waals surface area contributed by atoms with E-state index in [9.17, 15) is 15.0 Å². The van der Waals surface area contributed by atoms with E-state index >= 15 is 0 Å². The van der Waals surface area contributed by atoms with Crippen molar-refractivity contribution in [3.8, 4) is 0 Å². The topological polar surface area (TPSA) is 88.5 Å². The molecule has 1 aliphatic heterocycles. The number of hydrogen-bond acceptors (Lipinski definition) is 7. The summed E-state index contributed by atoms with van der Waals surface area (Å²) < 4.78 is 0. The molecule has 43 heavy (non-hydrogen) atoms. The molecule has 8 atom stereocenters. The summed E-state index contributed by atoms with van der Waals surface area (Å²) in [6.07, 6.45) is 0.769. The van der Waals surface area contributed by atoms with E-state index in [1.807, 2.05) is 6.07 Å². The molecule has 3 N–H and O–H groups in total. The molecule has 2 bridgehead atoms. The van der Waals surface area contributed by atoms with Crippen molar-refractivity contribution in [3.63, 3.8) is 0 Å². The summed E-state index contributed by atoms with van der Waals surface area (Å²) >= 11 is 0. The number of likely N-dealkylation sites (N-methyl/N-ethyl adjacent to an activating group) is 1. The number of anilines is 1. The highest BCUT2D eigenvalue weighted by atomic mass is 16.7. The SMILES string of the molecule is C[C@@H]1[C@@H](NC(=O)[C@@H]2[C@H]([C@H](C)O)[C@H](CO)ON2Cc2cccc(N(CCN(C)C)Cc3ccccc3)c2)C[C@H]2C[C@@H]1C2(C)C. The van der Waals surface area contributed by atoms with Crippen LogP contribution in [0.3, 0.4) is 0 Å². The summed E-state index contributed by atoms with van der Waals surface area (Å²) in [5.74, 6) is 0.979. The van der Waals surface area contributed by atoms with Crippen molar-refractivity contribution in [1.82, 2.24) is 15.3 Å². The fraction of sp³-hybridized carbons (Fsp3) is 0.629. The van der Waals surface area contributed by atoms with Crippen molar-refractivity contribution < 1.29 is 19.8 Å². The Hall–Kier alpha value is -2.49. The molecule has 0 unspecified atom stereocenters. The van der Waals surface area contributed by atoms with Gasteiger partial charge in [-0.05, 0) is 80.3 Å². The highest BCUT2D eigenvalue weighted by molar-refractivity contribution is 5.82. The van der Waals surface area contributed by atoms with Gasteiger partial charge in [-0.3, -0.25) is 9.63 Å². The number of rotatable bonds is 12. The zero-order chi connectivity index (χ0) is 30.9. The van der Waals surface area contributed by atoms with Gasteiger partial charge in [0.1, 0.15) is 12.1 Å². The maximum absolute atomic E-state index is 14.0. The molecular weight excluding hydrogens is 540 g/mol. The van der Waals surface area contributed by atoms with Crippen LogP contribution in [-0.4, -0.2) is 84.2 Å². The molecule has 1 amide bonds. The minimum absolute atomic E-state index is 0.112. The van der Waals surface area contributed by atoms with Gasteiger partial charge in [0.05, 0.1) is 19.3 Å². The zero-order valence-electron chi connectivity index (χ0n) is 26.8. The van der Waals surface area contributed by atoms with E-state index in [4.69, 9.17) is 4.84 Å². The predicted octanol–water partition coefficient (Wildman–Crippen LogP) is 3.92. The Kier molecular flexibility index (Phi) is 9.83. The van der Waals surface area contributed by atoms with E-state index < -0.39 is 24.2 Å². The molecule has 1 heterocycles. The average molecular weight is 593 g/mol. The van der Waals surface area contributed by atoms with Crippen molar-refractivity contribution in [2.75, 3.05) is 38.7 Å². The highest BCUT2D eigenvalue weighted by Gasteiger charge is 2.57. The minimum Gasteiger partial charge on any atom is -0.394 e. The Labute approximate surface area is 258 Å². The molecule has 6 rings (SSSR count). The van der Waals surface area contributed by atoms with Crippen LogP contribution in [0, 0.1) is 29.1 Å². The van der Waals surface area contributed by atoms with Gasteiger partial charge in [-0.15, -0.1) is 0 Å². The summed E-state index contributed by atoms with van der Waals surface area (Å²) in [5.41, 5.74) is 3.69. The van der Waals surface area contributed by atoms with E-state index in [1.54, 1.807) is 12.0 Å². The number of carbonyl (C=O) groups excluding carboxylic acids is 1. The number of amides is 1. The van der Waals surface area contributed by atoms with Crippen LogP contribution in [0.5, 0.6) is 0 Å². The highest BCUT2D eigenvalue weighted by Crippen LogP contribution is 2.61. The summed E-state index contributed by atoms with van der Waals surface area (Å²) in [6.45, 7) is 11.4. The van der Waals surface area contributed by atoms with Crippen LogP contribution >= 0.6 is 0 Å². The number of carbonyl (C=O) groups is 1. The van der Waals surface area contributed by atoms with Gasteiger partial charge in [-0.2, -0.15) is 5.06 Å². The van der Waals surface area contributed by atoms with E-state index in [1.165, 1.54) is 12.0 Å². The Morgan fingerprint density at radius 2 is 1.81 bits per heavy atom. The fourth-order valence-corrected chi connectivity index (χ4v) is 7.94. The molecule has 8 nitrogen and oxygen atoms in total. The van der Waals surface area contributed by atoms with Crippen LogP contribution in [0.2, 0.25) is 0 Å². The third-order valence-corrected chi connectivity index (χ3v) is 10.7. The monoisotopic (exact) mass is 592 g/mol. The lowest BCUT2D eigenvalue weighted by Crippen LogP contribution is -2.62. The molecule has 4 fully saturated rings. The number of aliphatic hydroxyl groups excluding tert-OH is 2. The quantitative estimate of drug-likeness (QED) is 0.345. The van der Waals surface area contributed by atoms with Crippen LogP contribution in [0.1, 0.15) is 51.7 Å². The number of nitrogens with zero attached hydrogens (tertiary/aromatic N) is 3. The molecule has 2 aromatic carbocycles. The third-order valence-electron chi connectivity index (χ3n) is 10.7. The molecular formula is C35H52N4O4. The first-order chi connectivity index (χ1) is 20.5. The van der Waals surface area contributed by atoms with Crippen LogP contribution in [0.4, 0.5) is 5.69 Å². The van der Waals surface area contributed by atoms with Crippen molar-refractivity contribution in [3.05, 3.63) is 65.7 Å². The number of aliphatic hydroxyl groups is 2. The van der Waals surface area contributed by atoms with Gasteiger partial charge in [0.15, 0.2) is 0 Å². The minimum atomic E-state index is -0.812. The van der Waals surface area contributed by atoms with E-state index in [2.05, 4.69) is 98.5 Å². The maximum Gasteiger partial charge on any atom is 0.240 e. The van der Waals surface area contributed by atoms with Crippen LogP contribution in [-0.2, 0) is 22.7 Å². The first kappa shape index (κ1) is 31.9. The summed E-state index contributed by atoms with van der Waals surface area (Å²) in [7, 11) is 4.17. The number of fused-ring (bicyclic) bond motifs is 2. The first-order valence-corrected chi connectivity index (χ1v) is 16.0. The summed E-state index contributed by atoms with van der Waals surface area (Å²) in [4.78, 5) is 24.8. The van der Waals surface area contributed by atoms with Crippen LogP contribution < -0.4 is 10.2 Å². The smallest absolute Gasteiger partial charge is 0.240 e. The number of nitrogens with one attached hydrogen (secondary N) is 1. The Bertz CT molecular complexity index is 1220. The summed E-state index contributed by atoms with van der Waals surface area (Å²) in [5, 5.41) is 26.0. The van der Waals surface area contributed by atoms with Crippen LogP contribution in [0.25, 0.3) is 0 Å².